The van der Waals surface area contributed by atoms with Crippen molar-refractivity contribution in [2.24, 2.45) is 0 Å². The number of carbonyl (C=O) groups excluding carboxylic acids is 2. The third-order valence-electron chi connectivity index (χ3n) is 3.88. The molecular formula is C19H19FN6O2. The van der Waals surface area contributed by atoms with Crippen molar-refractivity contribution in [3.05, 3.63) is 83.7 Å². The third kappa shape index (κ3) is 5.90. The van der Waals surface area contributed by atoms with Gasteiger partial charge in [0.25, 0.3) is 0 Å². The first-order valence-electron chi connectivity index (χ1n) is 8.56. The molecule has 0 atom stereocenters. The third-order valence-corrected chi connectivity index (χ3v) is 3.88. The Morgan fingerprint density at radius 1 is 0.929 bits per heavy atom. The first-order valence-corrected chi connectivity index (χ1v) is 8.56. The summed E-state index contributed by atoms with van der Waals surface area (Å²) < 4.78 is 14.6. The van der Waals surface area contributed by atoms with Crippen LogP contribution in [0.5, 0.6) is 0 Å². The second kappa shape index (κ2) is 9.26. The lowest BCUT2D eigenvalue weighted by Gasteiger charge is -2.10. The molecule has 0 fully saturated rings. The molecule has 0 aliphatic rings. The largest absolute Gasteiger partial charge is 0.333 e. The van der Waals surface area contributed by atoms with Gasteiger partial charge < -0.3 is 5.32 Å². The van der Waals surface area contributed by atoms with Crippen LogP contribution >= 0.6 is 0 Å². The maximum absolute atomic E-state index is 12.8. The molecule has 9 heteroatoms. The number of hydrazine groups is 1. The summed E-state index contributed by atoms with van der Waals surface area (Å²) in [5.41, 5.74) is 7.21. The smallest absolute Gasteiger partial charge is 0.333 e. The zero-order chi connectivity index (χ0) is 19.8. The molecule has 0 saturated carbocycles. The Bertz CT molecular complexity index is 911. The van der Waals surface area contributed by atoms with Gasteiger partial charge in [-0.25, -0.2) is 24.3 Å². The SMILES string of the molecule is O=C(Cc1ccc(F)cc1)NNC(=O)NCc1ccc(Cn2cncn2)cc1. The first kappa shape index (κ1) is 19.0. The second-order valence-corrected chi connectivity index (χ2v) is 6.07. The average Bonchev–Trinajstić information content (AvgIpc) is 3.21. The molecule has 0 spiro atoms. The molecule has 0 unspecified atom stereocenters. The van der Waals surface area contributed by atoms with E-state index in [1.54, 1.807) is 11.0 Å². The minimum atomic E-state index is -0.529. The van der Waals surface area contributed by atoms with E-state index in [0.29, 0.717) is 18.7 Å². The minimum Gasteiger partial charge on any atom is -0.333 e. The van der Waals surface area contributed by atoms with Gasteiger partial charge in [0.05, 0.1) is 13.0 Å². The molecular weight excluding hydrogens is 363 g/mol. The Labute approximate surface area is 160 Å². The molecule has 3 N–H and O–H groups in total. The van der Waals surface area contributed by atoms with Crippen LogP contribution in [-0.4, -0.2) is 26.7 Å². The minimum absolute atomic E-state index is 0.0355. The van der Waals surface area contributed by atoms with Crippen molar-refractivity contribution in [3.63, 3.8) is 0 Å². The van der Waals surface area contributed by atoms with Gasteiger partial charge in [-0.2, -0.15) is 5.10 Å². The summed E-state index contributed by atoms with van der Waals surface area (Å²) >= 11 is 0. The van der Waals surface area contributed by atoms with E-state index in [1.165, 1.54) is 30.6 Å². The Morgan fingerprint density at radius 2 is 1.61 bits per heavy atom. The number of amides is 3. The van der Waals surface area contributed by atoms with Crippen molar-refractivity contribution in [3.8, 4) is 0 Å². The number of carbonyl (C=O) groups is 2. The van der Waals surface area contributed by atoms with Crippen LogP contribution in [0, 0.1) is 5.82 Å². The van der Waals surface area contributed by atoms with Gasteiger partial charge in [-0.1, -0.05) is 36.4 Å². The molecule has 2 aromatic carbocycles. The highest BCUT2D eigenvalue weighted by Gasteiger charge is 2.06. The number of rotatable bonds is 6. The Balaban J connectivity index is 1.37. The normalized spacial score (nSPS) is 10.3. The van der Waals surface area contributed by atoms with Crippen molar-refractivity contribution < 1.29 is 14.0 Å². The van der Waals surface area contributed by atoms with Crippen molar-refractivity contribution in [2.45, 2.75) is 19.5 Å². The molecule has 0 bridgehead atoms. The summed E-state index contributed by atoms with van der Waals surface area (Å²) in [6.45, 7) is 0.928. The summed E-state index contributed by atoms with van der Waals surface area (Å²) in [6.07, 6.45) is 3.16. The zero-order valence-corrected chi connectivity index (χ0v) is 14.9. The van der Waals surface area contributed by atoms with Gasteiger partial charge in [-0.05, 0) is 28.8 Å². The van der Waals surface area contributed by atoms with E-state index < -0.39 is 11.9 Å². The number of hydrogen-bond acceptors (Lipinski definition) is 4. The van der Waals surface area contributed by atoms with Crippen LogP contribution in [-0.2, 0) is 24.3 Å². The highest BCUT2D eigenvalue weighted by molar-refractivity contribution is 5.82. The van der Waals surface area contributed by atoms with E-state index in [1.807, 2.05) is 24.3 Å². The number of halogens is 1. The first-order chi connectivity index (χ1) is 13.6. The number of nitrogens with one attached hydrogen (secondary N) is 3. The lowest BCUT2D eigenvalue weighted by molar-refractivity contribution is -0.121. The number of aromatic nitrogens is 3. The van der Waals surface area contributed by atoms with Gasteiger partial charge in [0, 0.05) is 6.54 Å². The molecule has 3 aromatic rings. The monoisotopic (exact) mass is 382 g/mol. The number of urea groups is 1. The Morgan fingerprint density at radius 3 is 2.29 bits per heavy atom. The maximum atomic E-state index is 12.8. The van der Waals surface area contributed by atoms with Crippen LogP contribution in [0.25, 0.3) is 0 Å². The standard InChI is InChI=1S/C19H19FN6O2/c20-17-7-5-14(6-8-17)9-18(27)24-25-19(28)22-10-15-1-3-16(4-2-15)11-26-13-21-12-23-26/h1-8,12-13H,9-11H2,(H,24,27)(H2,22,25,28). The molecule has 0 saturated heterocycles. The van der Waals surface area contributed by atoms with Crippen LogP contribution in [0.2, 0.25) is 0 Å². The van der Waals surface area contributed by atoms with E-state index in [9.17, 15) is 14.0 Å². The quantitative estimate of drug-likeness (QED) is 0.563. The fourth-order valence-corrected chi connectivity index (χ4v) is 2.45. The van der Waals surface area contributed by atoms with E-state index in [0.717, 1.165) is 11.1 Å². The Hall–Kier alpha value is -3.75. The number of hydrogen-bond donors (Lipinski definition) is 3. The van der Waals surface area contributed by atoms with E-state index in [-0.39, 0.29) is 12.2 Å². The summed E-state index contributed by atoms with van der Waals surface area (Å²) in [5, 5.41) is 6.70. The van der Waals surface area contributed by atoms with Crippen LogP contribution in [0.1, 0.15) is 16.7 Å². The predicted molar refractivity (Wildman–Crippen MR) is 99.2 cm³/mol. The van der Waals surface area contributed by atoms with Crippen molar-refractivity contribution in [1.82, 2.24) is 30.9 Å². The second-order valence-electron chi connectivity index (χ2n) is 6.07. The highest BCUT2D eigenvalue weighted by atomic mass is 19.1. The topological polar surface area (TPSA) is 101 Å². The fraction of sp³-hybridized carbons (Fsp3) is 0.158. The van der Waals surface area contributed by atoms with Crippen LogP contribution in [0.15, 0.2) is 61.2 Å². The lowest BCUT2D eigenvalue weighted by Crippen LogP contribution is -2.47. The van der Waals surface area contributed by atoms with Crippen molar-refractivity contribution in [2.75, 3.05) is 0 Å². The molecule has 3 amide bonds. The van der Waals surface area contributed by atoms with Gasteiger partial charge >= 0.3 is 6.03 Å². The van der Waals surface area contributed by atoms with Crippen molar-refractivity contribution in [1.29, 1.82) is 0 Å². The number of nitrogens with zero attached hydrogens (tertiary/aromatic N) is 3. The van der Waals surface area contributed by atoms with Gasteiger partial charge in [0.2, 0.25) is 5.91 Å². The van der Waals surface area contributed by atoms with Gasteiger partial charge in [0.1, 0.15) is 18.5 Å². The summed E-state index contributed by atoms with van der Waals surface area (Å²) in [4.78, 5) is 27.5. The van der Waals surface area contributed by atoms with E-state index >= 15 is 0 Å². The fourth-order valence-electron chi connectivity index (χ4n) is 2.45. The molecule has 1 heterocycles. The molecule has 8 nitrogen and oxygen atoms in total. The van der Waals surface area contributed by atoms with E-state index in [4.69, 9.17) is 0 Å². The average molecular weight is 382 g/mol. The summed E-state index contributed by atoms with van der Waals surface area (Å²) in [5.74, 6) is -0.771. The van der Waals surface area contributed by atoms with E-state index in [2.05, 4.69) is 26.3 Å². The molecule has 0 aliphatic heterocycles. The molecule has 1 aromatic heterocycles. The highest BCUT2D eigenvalue weighted by Crippen LogP contribution is 2.06. The molecule has 0 radical (unpaired) electrons. The predicted octanol–water partition coefficient (Wildman–Crippen LogP) is 1.54. The van der Waals surface area contributed by atoms with Crippen molar-refractivity contribution >= 4 is 11.9 Å². The molecule has 0 aliphatic carbocycles. The van der Waals surface area contributed by atoms with Gasteiger partial charge in [-0.15, -0.1) is 0 Å². The summed E-state index contributed by atoms with van der Waals surface area (Å²) in [6, 6.07) is 12.8. The molecule has 28 heavy (non-hydrogen) atoms. The van der Waals surface area contributed by atoms with Gasteiger partial charge in [0.15, 0.2) is 0 Å². The molecule has 3 rings (SSSR count). The maximum Gasteiger partial charge on any atom is 0.333 e. The zero-order valence-electron chi connectivity index (χ0n) is 14.9. The van der Waals surface area contributed by atoms with Crippen LogP contribution < -0.4 is 16.2 Å². The number of benzene rings is 2. The van der Waals surface area contributed by atoms with Gasteiger partial charge in [-0.3, -0.25) is 10.2 Å². The Kier molecular flexibility index (Phi) is 6.29. The van der Waals surface area contributed by atoms with Crippen LogP contribution in [0.4, 0.5) is 9.18 Å². The van der Waals surface area contributed by atoms with Crippen LogP contribution in [0.3, 0.4) is 0 Å². The molecule has 144 valence electrons. The summed E-state index contributed by atoms with van der Waals surface area (Å²) in [7, 11) is 0. The lowest BCUT2D eigenvalue weighted by atomic mass is 10.1.